The van der Waals surface area contributed by atoms with Gasteiger partial charge in [0.2, 0.25) is 0 Å². The molecule has 0 atom stereocenters. The van der Waals surface area contributed by atoms with Crippen molar-refractivity contribution in [1.82, 2.24) is 0 Å². The predicted octanol–water partition coefficient (Wildman–Crippen LogP) is 2.89. The number of ether oxygens (including phenoxy) is 1. The van der Waals surface area contributed by atoms with E-state index in [0.29, 0.717) is 12.2 Å². The number of hydrogen-bond donors (Lipinski definition) is 1. The Balaban J connectivity index is 1.99. The van der Waals surface area contributed by atoms with Crippen molar-refractivity contribution in [3.63, 3.8) is 0 Å². The third-order valence-corrected chi connectivity index (χ3v) is 2.79. The predicted molar refractivity (Wildman–Crippen MR) is 75.3 cm³/mol. The molecule has 3 heteroatoms. The number of rotatable bonds is 4. The van der Waals surface area contributed by atoms with Crippen LogP contribution in [0.15, 0.2) is 48.5 Å². The highest BCUT2D eigenvalue weighted by Crippen LogP contribution is 2.12. The quantitative estimate of drug-likeness (QED) is 0.866. The lowest BCUT2D eigenvalue weighted by atomic mass is 10.1. The first-order valence-electron chi connectivity index (χ1n) is 6.30. The fourth-order valence-corrected chi connectivity index (χ4v) is 1.79. The normalized spacial score (nSPS) is 9.90. The van der Waals surface area contributed by atoms with Crippen molar-refractivity contribution >= 4 is 0 Å². The lowest BCUT2D eigenvalue weighted by Crippen LogP contribution is -1.98. The van der Waals surface area contributed by atoms with Gasteiger partial charge in [0.1, 0.15) is 12.4 Å². The van der Waals surface area contributed by atoms with Gasteiger partial charge in [-0.05, 0) is 17.7 Å². The summed E-state index contributed by atoms with van der Waals surface area (Å²) in [4.78, 5) is 0. The van der Waals surface area contributed by atoms with Crippen molar-refractivity contribution in [2.24, 2.45) is 0 Å². The van der Waals surface area contributed by atoms with Crippen LogP contribution in [0.2, 0.25) is 0 Å². The Hall–Kier alpha value is -2.15. The molecule has 0 heterocycles. The van der Waals surface area contributed by atoms with Crippen molar-refractivity contribution in [3.8, 4) is 11.8 Å². The van der Waals surface area contributed by atoms with E-state index in [4.69, 9.17) is 9.84 Å². The molecule has 0 aliphatic carbocycles. The lowest BCUT2D eigenvalue weighted by molar-refractivity contribution is 0.104. The Bertz CT molecular complexity index is 626. The van der Waals surface area contributed by atoms with E-state index in [-0.39, 0.29) is 19.0 Å². The van der Waals surface area contributed by atoms with Crippen molar-refractivity contribution in [1.29, 1.82) is 0 Å². The largest absolute Gasteiger partial charge is 0.384 e. The molecule has 2 rings (SSSR count). The Labute approximate surface area is 117 Å². The maximum atomic E-state index is 13.4. The van der Waals surface area contributed by atoms with Crippen LogP contribution < -0.4 is 0 Å². The minimum absolute atomic E-state index is 0.176. The summed E-state index contributed by atoms with van der Waals surface area (Å²) in [5.74, 6) is 5.22. The third-order valence-electron chi connectivity index (χ3n) is 2.79. The zero-order chi connectivity index (χ0) is 14.2. The summed E-state index contributed by atoms with van der Waals surface area (Å²) in [6.07, 6.45) is 0. The van der Waals surface area contributed by atoms with E-state index in [2.05, 4.69) is 11.8 Å². The first-order valence-corrected chi connectivity index (χ1v) is 6.30. The smallest absolute Gasteiger partial charge is 0.128 e. The molecule has 0 saturated heterocycles. The van der Waals surface area contributed by atoms with Crippen LogP contribution in [0.1, 0.15) is 16.7 Å². The Kier molecular flexibility index (Phi) is 5.31. The van der Waals surface area contributed by atoms with Crippen molar-refractivity contribution in [2.75, 3.05) is 6.61 Å². The molecule has 102 valence electrons. The minimum atomic E-state index is -0.263. The molecule has 0 unspecified atom stereocenters. The highest BCUT2D eigenvalue weighted by atomic mass is 19.1. The summed E-state index contributed by atoms with van der Waals surface area (Å²) in [5.41, 5.74) is 2.27. The van der Waals surface area contributed by atoms with Gasteiger partial charge >= 0.3 is 0 Å². The molecule has 0 bridgehead atoms. The molecule has 1 N–H and O–H groups in total. The van der Waals surface area contributed by atoms with Crippen LogP contribution in [-0.2, 0) is 18.0 Å². The molecule has 0 radical (unpaired) electrons. The second-order valence-corrected chi connectivity index (χ2v) is 4.20. The summed E-state index contributed by atoms with van der Waals surface area (Å²) < 4.78 is 19.0. The van der Waals surface area contributed by atoms with Gasteiger partial charge in [0.25, 0.3) is 0 Å². The van der Waals surface area contributed by atoms with Gasteiger partial charge in [-0.3, -0.25) is 0 Å². The van der Waals surface area contributed by atoms with Crippen LogP contribution in [0, 0.1) is 17.7 Å². The molecule has 20 heavy (non-hydrogen) atoms. The molecule has 2 aromatic rings. The second-order valence-electron chi connectivity index (χ2n) is 4.20. The van der Waals surface area contributed by atoms with Gasteiger partial charge < -0.3 is 9.84 Å². The Morgan fingerprint density at radius 1 is 0.950 bits per heavy atom. The van der Waals surface area contributed by atoms with Gasteiger partial charge in [-0.1, -0.05) is 48.2 Å². The lowest BCUT2D eigenvalue weighted by Gasteiger charge is -2.07. The molecule has 0 aromatic heterocycles. The first-order chi connectivity index (χ1) is 9.81. The van der Waals surface area contributed by atoms with Gasteiger partial charge in [-0.25, -0.2) is 4.39 Å². The second kappa shape index (κ2) is 7.44. The number of aliphatic hydroxyl groups excluding tert-OH is 1. The van der Waals surface area contributed by atoms with Gasteiger partial charge in [0.15, 0.2) is 0 Å². The summed E-state index contributed by atoms with van der Waals surface area (Å²) in [6.45, 7) is 0.392. The molecule has 0 amide bonds. The van der Waals surface area contributed by atoms with Gasteiger partial charge in [-0.2, -0.15) is 0 Å². The topological polar surface area (TPSA) is 29.5 Å². The highest BCUT2D eigenvalue weighted by Gasteiger charge is 2.03. The number of hydrogen-bond acceptors (Lipinski definition) is 2. The number of benzene rings is 2. The Morgan fingerprint density at radius 2 is 1.60 bits per heavy atom. The van der Waals surface area contributed by atoms with E-state index in [9.17, 15) is 4.39 Å². The van der Waals surface area contributed by atoms with Crippen LogP contribution in [0.4, 0.5) is 4.39 Å². The third kappa shape index (κ3) is 3.92. The maximum absolute atomic E-state index is 13.4. The van der Waals surface area contributed by atoms with Crippen molar-refractivity contribution in [2.45, 2.75) is 13.2 Å². The summed E-state index contributed by atoms with van der Waals surface area (Å²) in [5, 5.41) is 8.73. The minimum Gasteiger partial charge on any atom is -0.384 e. The molecule has 0 aliphatic heterocycles. The van der Waals surface area contributed by atoms with E-state index < -0.39 is 0 Å². The highest BCUT2D eigenvalue weighted by molar-refractivity contribution is 5.41. The van der Waals surface area contributed by atoms with E-state index >= 15 is 0 Å². The summed E-state index contributed by atoms with van der Waals surface area (Å²) in [7, 11) is 0. The zero-order valence-corrected chi connectivity index (χ0v) is 11.0. The fourth-order valence-electron chi connectivity index (χ4n) is 1.79. The standard InChI is InChI=1S/C17H15FO2/c18-17-10-4-3-8-16(17)13-20-12-15-7-2-1-6-14(15)9-5-11-19/h1-4,6-8,10,19H,11-13H2. The fraction of sp³-hybridized carbons (Fsp3) is 0.176. The van der Waals surface area contributed by atoms with Gasteiger partial charge in [0.05, 0.1) is 13.2 Å². The molecule has 2 nitrogen and oxygen atoms in total. The maximum Gasteiger partial charge on any atom is 0.128 e. The molecule has 2 aromatic carbocycles. The molecule has 0 saturated carbocycles. The van der Waals surface area contributed by atoms with Crippen molar-refractivity contribution in [3.05, 3.63) is 71.0 Å². The van der Waals surface area contributed by atoms with E-state index in [1.807, 2.05) is 24.3 Å². The first kappa shape index (κ1) is 14.3. The Morgan fingerprint density at radius 3 is 2.35 bits per heavy atom. The van der Waals surface area contributed by atoms with E-state index in [1.165, 1.54) is 6.07 Å². The van der Waals surface area contributed by atoms with E-state index in [1.54, 1.807) is 18.2 Å². The molecule has 0 aliphatic rings. The molecule has 0 fully saturated rings. The summed E-state index contributed by atoms with van der Waals surface area (Å²) >= 11 is 0. The van der Waals surface area contributed by atoms with Crippen LogP contribution in [-0.4, -0.2) is 11.7 Å². The monoisotopic (exact) mass is 270 g/mol. The van der Waals surface area contributed by atoms with Crippen molar-refractivity contribution < 1.29 is 14.2 Å². The molecular weight excluding hydrogens is 255 g/mol. The SMILES string of the molecule is OCC#Cc1ccccc1COCc1ccccc1F. The van der Waals surface area contributed by atoms with Crippen LogP contribution >= 0.6 is 0 Å². The van der Waals surface area contributed by atoms with Gasteiger partial charge in [-0.15, -0.1) is 0 Å². The van der Waals surface area contributed by atoms with E-state index in [0.717, 1.165) is 11.1 Å². The van der Waals surface area contributed by atoms with Crippen LogP contribution in [0.25, 0.3) is 0 Å². The summed E-state index contributed by atoms with van der Waals surface area (Å²) in [6, 6.07) is 14.1. The zero-order valence-electron chi connectivity index (χ0n) is 11.0. The average Bonchev–Trinajstić information content (AvgIpc) is 2.48. The number of halogens is 1. The molecule has 0 spiro atoms. The molecular formula is C17H15FO2. The van der Waals surface area contributed by atoms with Crippen LogP contribution in [0.5, 0.6) is 0 Å². The average molecular weight is 270 g/mol. The van der Waals surface area contributed by atoms with Gasteiger partial charge in [0, 0.05) is 11.1 Å². The number of aliphatic hydroxyl groups is 1. The van der Waals surface area contributed by atoms with Crippen LogP contribution in [0.3, 0.4) is 0 Å².